The number of aliphatic carboxylic acids is 1. The summed E-state index contributed by atoms with van der Waals surface area (Å²) >= 11 is 0. The molecular formula is C12H25NO2. The Labute approximate surface area is 93.5 Å². The Kier molecular flexibility index (Phi) is 5.88. The van der Waals surface area contributed by atoms with Crippen LogP contribution in [0.15, 0.2) is 0 Å². The van der Waals surface area contributed by atoms with Crippen LogP contribution in [0.25, 0.3) is 0 Å². The van der Waals surface area contributed by atoms with Crippen molar-refractivity contribution in [1.82, 2.24) is 4.90 Å². The van der Waals surface area contributed by atoms with Gasteiger partial charge in [0.25, 0.3) is 0 Å². The molecule has 0 fully saturated rings. The van der Waals surface area contributed by atoms with Gasteiger partial charge in [-0.1, -0.05) is 20.8 Å². The molecule has 0 aromatic carbocycles. The summed E-state index contributed by atoms with van der Waals surface area (Å²) in [7, 11) is 0. The van der Waals surface area contributed by atoms with Crippen LogP contribution in [0.5, 0.6) is 0 Å². The van der Waals surface area contributed by atoms with Crippen LogP contribution in [0.4, 0.5) is 0 Å². The molecule has 0 aliphatic carbocycles. The zero-order chi connectivity index (χ0) is 12.1. The van der Waals surface area contributed by atoms with E-state index in [2.05, 4.69) is 20.8 Å². The quantitative estimate of drug-likeness (QED) is 0.740. The lowest BCUT2D eigenvalue weighted by Crippen LogP contribution is -2.36. The molecule has 3 heteroatoms. The van der Waals surface area contributed by atoms with Crippen LogP contribution in [-0.4, -0.2) is 35.1 Å². The largest absolute Gasteiger partial charge is 0.480 e. The standard InChI is InChI=1S/C12H25NO2/c1-10(2)13(9-11(14)15)8-6-7-12(3,4)5/h10H,6-9H2,1-5H3,(H,14,15). The topological polar surface area (TPSA) is 40.5 Å². The first kappa shape index (κ1) is 14.4. The van der Waals surface area contributed by atoms with Gasteiger partial charge in [0, 0.05) is 6.04 Å². The van der Waals surface area contributed by atoms with Crippen molar-refractivity contribution >= 4 is 5.97 Å². The third-order valence-corrected chi connectivity index (χ3v) is 2.44. The summed E-state index contributed by atoms with van der Waals surface area (Å²) in [6, 6.07) is 0.307. The minimum Gasteiger partial charge on any atom is -0.480 e. The summed E-state index contributed by atoms with van der Waals surface area (Å²) in [6.07, 6.45) is 2.20. The summed E-state index contributed by atoms with van der Waals surface area (Å²) in [6.45, 7) is 11.8. The predicted octanol–water partition coefficient (Wildman–Crippen LogP) is 2.61. The van der Waals surface area contributed by atoms with E-state index in [1.54, 1.807) is 0 Å². The molecule has 3 nitrogen and oxygen atoms in total. The van der Waals surface area contributed by atoms with Gasteiger partial charge in [-0.2, -0.15) is 0 Å². The van der Waals surface area contributed by atoms with Crippen molar-refractivity contribution in [3.8, 4) is 0 Å². The maximum atomic E-state index is 10.6. The van der Waals surface area contributed by atoms with Gasteiger partial charge in [-0.05, 0) is 38.6 Å². The Morgan fingerprint density at radius 3 is 2.20 bits per heavy atom. The molecular weight excluding hydrogens is 190 g/mol. The summed E-state index contributed by atoms with van der Waals surface area (Å²) in [5.74, 6) is -0.737. The van der Waals surface area contributed by atoms with Crippen LogP contribution in [-0.2, 0) is 4.79 Å². The number of carbonyl (C=O) groups is 1. The molecule has 15 heavy (non-hydrogen) atoms. The lowest BCUT2D eigenvalue weighted by Gasteiger charge is -2.26. The summed E-state index contributed by atoms with van der Waals surface area (Å²) in [5.41, 5.74) is 0.339. The lowest BCUT2D eigenvalue weighted by molar-refractivity contribution is -0.138. The molecule has 0 spiro atoms. The van der Waals surface area contributed by atoms with Gasteiger partial charge in [-0.25, -0.2) is 0 Å². The van der Waals surface area contributed by atoms with Crippen molar-refractivity contribution in [1.29, 1.82) is 0 Å². The van der Waals surface area contributed by atoms with Gasteiger partial charge in [0.05, 0.1) is 6.54 Å². The van der Waals surface area contributed by atoms with Gasteiger partial charge >= 0.3 is 5.97 Å². The second-order valence-electron chi connectivity index (χ2n) is 5.62. The first-order valence-electron chi connectivity index (χ1n) is 5.68. The van der Waals surface area contributed by atoms with Crippen molar-refractivity contribution in [2.75, 3.05) is 13.1 Å². The Hall–Kier alpha value is -0.570. The highest BCUT2D eigenvalue weighted by Gasteiger charge is 2.15. The van der Waals surface area contributed by atoms with Crippen molar-refractivity contribution in [2.45, 2.75) is 53.5 Å². The van der Waals surface area contributed by atoms with Crippen molar-refractivity contribution < 1.29 is 9.90 Å². The van der Waals surface area contributed by atoms with Crippen LogP contribution in [0, 0.1) is 5.41 Å². The van der Waals surface area contributed by atoms with E-state index in [0.29, 0.717) is 11.5 Å². The number of carboxylic acid groups (broad SMARTS) is 1. The van der Waals surface area contributed by atoms with E-state index in [9.17, 15) is 4.79 Å². The van der Waals surface area contributed by atoms with Gasteiger partial charge in [0.2, 0.25) is 0 Å². The molecule has 0 atom stereocenters. The number of carboxylic acids is 1. The Balaban J connectivity index is 3.92. The Morgan fingerprint density at radius 1 is 1.33 bits per heavy atom. The fourth-order valence-corrected chi connectivity index (χ4v) is 1.51. The van der Waals surface area contributed by atoms with Crippen molar-refractivity contribution in [3.63, 3.8) is 0 Å². The minimum atomic E-state index is -0.737. The first-order valence-corrected chi connectivity index (χ1v) is 5.68. The number of rotatable bonds is 6. The highest BCUT2D eigenvalue weighted by atomic mass is 16.4. The molecule has 0 radical (unpaired) electrons. The zero-order valence-electron chi connectivity index (χ0n) is 10.7. The molecule has 0 unspecified atom stereocenters. The Morgan fingerprint density at radius 2 is 1.87 bits per heavy atom. The van der Waals surface area contributed by atoms with Gasteiger partial charge < -0.3 is 5.11 Å². The molecule has 0 aromatic rings. The fraction of sp³-hybridized carbons (Fsp3) is 0.917. The van der Waals surface area contributed by atoms with Gasteiger partial charge in [-0.15, -0.1) is 0 Å². The second-order valence-corrected chi connectivity index (χ2v) is 5.62. The number of hydrogen-bond acceptors (Lipinski definition) is 2. The predicted molar refractivity (Wildman–Crippen MR) is 63.0 cm³/mol. The Bertz CT molecular complexity index is 194. The number of nitrogens with zero attached hydrogens (tertiary/aromatic N) is 1. The van der Waals surface area contributed by atoms with Crippen LogP contribution in [0.3, 0.4) is 0 Å². The molecule has 0 saturated carbocycles. The highest BCUT2D eigenvalue weighted by Crippen LogP contribution is 2.20. The maximum absolute atomic E-state index is 10.6. The minimum absolute atomic E-state index is 0.155. The summed E-state index contributed by atoms with van der Waals surface area (Å²) in [4.78, 5) is 12.6. The third-order valence-electron chi connectivity index (χ3n) is 2.44. The molecule has 0 saturated heterocycles. The molecule has 0 aliphatic rings. The van der Waals surface area contributed by atoms with E-state index in [-0.39, 0.29) is 6.54 Å². The third kappa shape index (κ3) is 8.43. The maximum Gasteiger partial charge on any atom is 0.317 e. The lowest BCUT2D eigenvalue weighted by atomic mass is 9.90. The van der Waals surface area contributed by atoms with E-state index < -0.39 is 5.97 Å². The van der Waals surface area contributed by atoms with Crippen LogP contribution in [0.1, 0.15) is 47.5 Å². The van der Waals surface area contributed by atoms with Crippen LogP contribution in [0.2, 0.25) is 0 Å². The molecule has 0 heterocycles. The normalized spacial score (nSPS) is 12.5. The summed E-state index contributed by atoms with van der Waals surface area (Å²) in [5, 5.41) is 8.75. The van der Waals surface area contributed by atoms with Crippen LogP contribution < -0.4 is 0 Å². The van der Waals surface area contributed by atoms with Crippen LogP contribution >= 0.6 is 0 Å². The first-order chi connectivity index (χ1) is 6.72. The molecule has 0 aliphatic heterocycles. The van der Waals surface area contributed by atoms with E-state index in [0.717, 1.165) is 19.4 Å². The van der Waals surface area contributed by atoms with Crippen molar-refractivity contribution in [2.24, 2.45) is 5.41 Å². The van der Waals surface area contributed by atoms with E-state index in [1.807, 2.05) is 18.7 Å². The average molecular weight is 215 g/mol. The van der Waals surface area contributed by atoms with Gasteiger partial charge in [0.1, 0.15) is 0 Å². The average Bonchev–Trinajstić information content (AvgIpc) is 1.99. The van der Waals surface area contributed by atoms with E-state index in [1.165, 1.54) is 0 Å². The van der Waals surface area contributed by atoms with Crippen molar-refractivity contribution in [3.05, 3.63) is 0 Å². The molecule has 0 bridgehead atoms. The molecule has 0 aromatic heterocycles. The zero-order valence-corrected chi connectivity index (χ0v) is 10.7. The highest BCUT2D eigenvalue weighted by molar-refractivity contribution is 5.69. The smallest absolute Gasteiger partial charge is 0.317 e. The van der Waals surface area contributed by atoms with Gasteiger partial charge in [0.15, 0.2) is 0 Å². The molecule has 1 N–H and O–H groups in total. The molecule has 0 amide bonds. The molecule has 90 valence electrons. The number of hydrogen-bond donors (Lipinski definition) is 1. The van der Waals surface area contributed by atoms with E-state index >= 15 is 0 Å². The van der Waals surface area contributed by atoms with E-state index in [4.69, 9.17) is 5.11 Å². The fourth-order valence-electron chi connectivity index (χ4n) is 1.51. The summed E-state index contributed by atoms with van der Waals surface area (Å²) < 4.78 is 0. The monoisotopic (exact) mass is 215 g/mol. The second kappa shape index (κ2) is 6.11. The van der Waals surface area contributed by atoms with Gasteiger partial charge in [-0.3, -0.25) is 9.69 Å². The molecule has 0 rings (SSSR count). The SMILES string of the molecule is CC(C)N(CCCC(C)(C)C)CC(=O)O.